The first kappa shape index (κ1) is 17.4. The van der Waals surface area contributed by atoms with Gasteiger partial charge in [-0.2, -0.15) is 0 Å². The predicted octanol–water partition coefficient (Wildman–Crippen LogP) is 3.08. The number of hydrogen-bond acceptors (Lipinski definition) is 4. The van der Waals surface area contributed by atoms with Crippen molar-refractivity contribution in [3.05, 3.63) is 52.7 Å². The molecule has 1 aromatic carbocycles. The average Bonchev–Trinajstić information content (AvgIpc) is 3.09. The number of aliphatic imine (C=N–C) groups is 1. The Hall–Kier alpha value is -2.04. The molecule has 4 rings (SSSR count). The fourth-order valence-electron chi connectivity index (χ4n) is 4.19. The Kier molecular flexibility index (Phi) is 4.88. The monoisotopic (exact) mass is 349 g/mol. The molecule has 1 aromatic rings. The van der Waals surface area contributed by atoms with Crippen LogP contribution in [0, 0.1) is 0 Å². The maximum absolute atomic E-state index is 12.7. The van der Waals surface area contributed by atoms with E-state index < -0.39 is 0 Å². The van der Waals surface area contributed by atoms with E-state index in [1.54, 1.807) is 0 Å². The summed E-state index contributed by atoms with van der Waals surface area (Å²) in [6, 6.07) is 6.42. The molecule has 1 fully saturated rings. The van der Waals surface area contributed by atoms with Gasteiger partial charge in [-0.3, -0.25) is 14.7 Å². The smallest absolute Gasteiger partial charge is 0.167 e. The lowest BCUT2D eigenvalue weighted by Crippen LogP contribution is -2.28. The summed E-state index contributed by atoms with van der Waals surface area (Å²) in [7, 11) is 2.20. The fourth-order valence-corrected chi connectivity index (χ4v) is 4.19. The summed E-state index contributed by atoms with van der Waals surface area (Å²) in [6.45, 7) is 7.45. The van der Waals surface area contributed by atoms with Gasteiger partial charge in [0.1, 0.15) is 0 Å². The van der Waals surface area contributed by atoms with E-state index >= 15 is 0 Å². The van der Waals surface area contributed by atoms with Crippen molar-refractivity contribution in [3.8, 4) is 0 Å². The van der Waals surface area contributed by atoms with Crippen LogP contribution in [0.3, 0.4) is 0 Å². The molecule has 0 saturated carbocycles. The van der Waals surface area contributed by atoms with Gasteiger partial charge in [-0.25, -0.2) is 0 Å². The Bertz CT molecular complexity index is 819. The summed E-state index contributed by atoms with van der Waals surface area (Å²) in [6.07, 6.45) is 6.57. The van der Waals surface area contributed by atoms with Crippen molar-refractivity contribution in [1.82, 2.24) is 9.80 Å². The van der Waals surface area contributed by atoms with E-state index in [-0.39, 0.29) is 5.78 Å². The fraction of sp³-hybridized carbons (Fsp3) is 0.455. The summed E-state index contributed by atoms with van der Waals surface area (Å²) in [5.41, 5.74) is 6.80. The van der Waals surface area contributed by atoms with Crippen LogP contribution >= 0.6 is 0 Å². The third kappa shape index (κ3) is 3.57. The molecule has 1 aliphatic carbocycles. The van der Waals surface area contributed by atoms with Crippen LogP contribution in [0.4, 0.5) is 0 Å². The first-order chi connectivity index (χ1) is 12.6. The molecule has 0 amide bonds. The third-order valence-electron chi connectivity index (χ3n) is 5.60. The highest BCUT2D eigenvalue weighted by molar-refractivity contribution is 6.26. The van der Waals surface area contributed by atoms with Gasteiger partial charge in [0.25, 0.3) is 0 Å². The van der Waals surface area contributed by atoms with E-state index in [4.69, 9.17) is 0 Å². The lowest BCUT2D eigenvalue weighted by molar-refractivity contribution is -0.112. The molecule has 2 aliphatic heterocycles. The molecular weight excluding hydrogens is 322 g/mol. The van der Waals surface area contributed by atoms with Gasteiger partial charge in [0.2, 0.25) is 0 Å². The van der Waals surface area contributed by atoms with Crippen molar-refractivity contribution in [2.45, 2.75) is 32.7 Å². The van der Waals surface area contributed by atoms with Crippen molar-refractivity contribution in [3.63, 3.8) is 0 Å². The number of ketones is 1. The van der Waals surface area contributed by atoms with Crippen LogP contribution < -0.4 is 0 Å². The zero-order valence-electron chi connectivity index (χ0n) is 15.8. The van der Waals surface area contributed by atoms with Crippen LogP contribution in [0.2, 0.25) is 0 Å². The number of rotatable bonds is 3. The van der Waals surface area contributed by atoms with E-state index in [1.807, 2.05) is 13.1 Å². The number of likely N-dealkylation sites (N-methyl/N-ethyl adjacent to an activating group) is 1. The molecule has 2 heterocycles. The Morgan fingerprint density at radius 3 is 2.85 bits per heavy atom. The number of Topliss-reactive ketones (excluding diaryl/α,β-unsaturated/α-hetero) is 1. The van der Waals surface area contributed by atoms with E-state index in [0.717, 1.165) is 49.5 Å². The Balaban J connectivity index is 1.62. The standard InChI is InChI=1S/C22H27N3O/c1-16-11-17(14-23-16)12-20-21(26)13-18-5-3-6-19(22(18)20)15-25-8-4-7-24(2)9-10-25/h3,5-6,12,14H,4,7-11,13,15H2,1-2H3/b20-12+. The number of fused-ring (bicyclic) bond motifs is 1. The molecular formula is C22H27N3O. The molecule has 136 valence electrons. The van der Waals surface area contributed by atoms with Gasteiger partial charge in [-0.05, 0) is 61.8 Å². The maximum Gasteiger partial charge on any atom is 0.167 e. The van der Waals surface area contributed by atoms with Crippen LogP contribution in [0.1, 0.15) is 36.5 Å². The van der Waals surface area contributed by atoms with Crippen LogP contribution in [0.5, 0.6) is 0 Å². The predicted molar refractivity (Wildman–Crippen MR) is 106 cm³/mol. The minimum Gasteiger partial charge on any atom is -0.305 e. The molecule has 0 bridgehead atoms. The van der Waals surface area contributed by atoms with E-state index in [2.05, 4.69) is 46.1 Å². The molecule has 0 radical (unpaired) electrons. The van der Waals surface area contributed by atoms with Crippen molar-refractivity contribution in [2.24, 2.45) is 4.99 Å². The maximum atomic E-state index is 12.7. The lowest BCUT2D eigenvalue weighted by Gasteiger charge is -2.22. The molecule has 0 spiro atoms. The highest BCUT2D eigenvalue weighted by Crippen LogP contribution is 2.35. The molecule has 0 atom stereocenters. The number of nitrogens with zero attached hydrogens (tertiary/aromatic N) is 3. The van der Waals surface area contributed by atoms with Crippen LogP contribution in [0.15, 0.2) is 41.0 Å². The summed E-state index contributed by atoms with van der Waals surface area (Å²) in [4.78, 5) is 22.0. The zero-order chi connectivity index (χ0) is 18.1. The minimum atomic E-state index is 0.244. The molecule has 0 N–H and O–H groups in total. The van der Waals surface area contributed by atoms with E-state index in [1.165, 1.54) is 29.7 Å². The number of allylic oxidation sites excluding steroid dienone is 3. The van der Waals surface area contributed by atoms with Crippen molar-refractivity contribution in [1.29, 1.82) is 0 Å². The Morgan fingerprint density at radius 1 is 1.15 bits per heavy atom. The average molecular weight is 349 g/mol. The molecule has 1 saturated heterocycles. The highest BCUT2D eigenvalue weighted by Gasteiger charge is 2.28. The van der Waals surface area contributed by atoms with Gasteiger partial charge in [0.05, 0.1) is 0 Å². The molecule has 4 heteroatoms. The normalized spacial score (nSPS) is 23.2. The second-order valence-electron chi connectivity index (χ2n) is 7.79. The number of benzene rings is 1. The Morgan fingerprint density at radius 2 is 2.04 bits per heavy atom. The Labute approximate surface area is 155 Å². The van der Waals surface area contributed by atoms with Crippen molar-refractivity contribution >= 4 is 17.1 Å². The van der Waals surface area contributed by atoms with Crippen LogP contribution in [-0.2, 0) is 17.8 Å². The van der Waals surface area contributed by atoms with E-state index in [0.29, 0.717) is 6.42 Å². The summed E-state index contributed by atoms with van der Waals surface area (Å²) in [5, 5.41) is 0. The van der Waals surface area contributed by atoms with Gasteiger partial charge in [0, 0.05) is 50.0 Å². The SMILES string of the molecule is CC1=NC=C(/C=C2\C(=O)Cc3cccc(CN4CCCN(C)CC4)c32)C1. The number of carbonyl (C=O) groups is 1. The first-order valence-corrected chi connectivity index (χ1v) is 9.59. The van der Waals surface area contributed by atoms with Crippen LogP contribution in [-0.4, -0.2) is 54.5 Å². The second kappa shape index (κ2) is 7.29. The molecule has 0 aromatic heterocycles. The van der Waals surface area contributed by atoms with Gasteiger partial charge >= 0.3 is 0 Å². The molecule has 0 unspecified atom stereocenters. The van der Waals surface area contributed by atoms with Gasteiger partial charge in [-0.15, -0.1) is 0 Å². The second-order valence-corrected chi connectivity index (χ2v) is 7.79. The molecule has 26 heavy (non-hydrogen) atoms. The topological polar surface area (TPSA) is 35.9 Å². The quantitative estimate of drug-likeness (QED) is 0.787. The minimum absolute atomic E-state index is 0.244. The third-order valence-corrected chi connectivity index (χ3v) is 5.60. The summed E-state index contributed by atoms with van der Waals surface area (Å²) in [5.74, 6) is 0.244. The van der Waals surface area contributed by atoms with Gasteiger partial charge in [0.15, 0.2) is 5.78 Å². The van der Waals surface area contributed by atoms with Crippen LogP contribution in [0.25, 0.3) is 5.57 Å². The van der Waals surface area contributed by atoms with E-state index in [9.17, 15) is 4.79 Å². The van der Waals surface area contributed by atoms with Crippen molar-refractivity contribution < 1.29 is 4.79 Å². The number of carbonyl (C=O) groups excluding carboxylic acids is 1. The summed E-state index contributed by atoms with van der Waals surface area (Å²) >= 11 is 0. The largest absolute Gasteiger partial charge is 0.305 e. The molecule has 4 nitrogen and oxygen atoms in total. The first-order valence-electron chi connectivity index (χ1n) is 9.59. The molecule has 3 aliphatic rings. The zero-order valence-corrected chi connectivity index (χ0v) is 15.8. The highest BCUT2D eigenvalue weighted by atomic mass is 16.1. The van der Waals surface area contributed by atoms with Gasteiger partial charge in [-0.1, -0.05) is 18.2 Å². The summed E-state index contributed by atoms with van der Waals surface area (Å²) < 4.78 is 0. The lowest BCUT2D eigenvalue weighted by atomic mass is 9.97. The van der Waals surface area contributed by atoms with Crippen molar-refractivity contribution in [2.75, 3.05) is 33.2 Å². The number of hydrogen-bond donors (Lipinski definition) is 0. The van der Waals surface area contributed by atoms with Gasteiger partial charge < -0.3 is 4.90 Å².